The number of aromatic nitrogens is 4. The molecule has 1 aromatic heterocycles. The molecule has 7 heteroatoms. The maximum absolute atomic E-state index is 4.32. The van der Waals surface area contributed by atoms with Crippen molar-refractivity contribution >= 4 is 16.9 Å². The molecular weight excluding hydrogens is 200 g/mol. The van der Waals surface area contributed by atoms with Crippen molar-refractivity contribution in [1.29, 1.82) is 0 Å². The van der Waals surface area contributed by atoms with E-state index in [1.54, 1.807) is 18.8 Å². The van der Waals surface area contributed by atoms with Crippen LogP contribution in [0.3, 0.4) is 0 Å². The molecule has 2 heterocycles. The number of hydrogen-bond acceptors (Lipinski definition) is 6. The molecule has 0 spiro atoms. The fourth-order valence-electron chi connectivity index (χ4n) is 1.12. The van der Waals surface area contributed by atoms with Crippen LogP contribution < -0.4 is 5.32 Å². The van der Waals surface area contributed by atoms with E-state index in [4.69, 9.17) is 0 Å². The third-order valence-corrected chi connectivity index (χ3v) is 2.80. The molecule has 6 nitrogen and oxygen atoms in total. The Balaban J connectivity index is 1.83. The second-order valence-corrected chi connectivity index (χ2v) is 4.55. The standard InChI is InChI=1S/C7H12N6S/c1-5-3-8-7(14-5)9-4-6-10-12-13(2)11-6/h5H,3-4H2,1-2H3,(H,8,9). The predicted octanol–water partition coefficient (Wildman–Crippen LogP) is -0.209. The van der Waals surface area contributed by atoms with Crippen LogP contribution >= 0.6 is 11.8 Å². The first-order valence-electron chi connectivity index (χ1n) is 4.42. The SMILES string of the molecule is CC1CN=C(NCc2nnn(C)n2)S1. The number of aryl methyl sites for hydroxylation is 1. The summed E-state index contributed by atoms with van der Waals surface area (Å²) in [5.41, 5.74) is 0. The highest BCUT2D eigenvalue weighted by Crippen LogP contribution is 2.18. The van der Waals surface area contributed by atoms with E-state index in [0.29, 0.717) is 17.6 Å². The number of hydrogen-bond donors (Lipinski definition) is 1. The van der Waals surface area contributed by atoms with Gasteiger partial charge in [0.15, 0.2) is 11.0 Å². The van der Waals surface area contributed by atoms with Crippen molar-refractivity contribution in [1.82, 2.24) is 25.5 Å². The summed E-state index contributed by atoms with van der Waals surface area (Å²) in [7, 11) is 1.75. The van der Waals surface area contributed by atoms with Gasteiger partial charge < -0.3 is 5.32 Å². The Morgan fingerprint density at radius 1 is 1.64 bits per heavy atom. The average Bonchev–Trinajstić information content (AvgIpc) is 2.72. The molecule has 0 saturated carbocycles. The van der Waals surface area contributed by atoms with E-state index in [-0.39, 0.29) is 0 Å². The molecule has 1 aliphatic rings. The van der Waals surface area contributed by atoms with Crippen molar-refractivity contribution in [3.8, 4) is 0 Å². The van der Waals surface area contributed by atoms with E-state index >= 15 is 0 Å². The molecule has 1 N–H and O–H groups in total. The highest BCUT2D eigenvalue weighted by Gasteiger charge is 2.14. The Morgan fingerprint density at radius 2 is 2.50 bits per heavy atom. The summed E-state index contributed by atoms with van der Waals surface area (Å²) < 4.78 is 0. The third kappa shape index (κ3) is 2.22. The zero-order chi connectivity index (χ0) is 9.97. The van der Waals surface area contributed by atoms with E-state index in [9.17, 15) is 0 Å². The first kappa shape index (κ1) is 9.45. The minimum Gasteiger partial charge on any atom is -0.357 e. The first-order chi connectivity index (χ1) is 6.74. The summed E-state index contributed by atoms with van der Waals surface area (Å²) in [6.45, 7) is 3.64. The molecule has 0 aliphatic carbocycles. The molecule has 0 amide bonds. The van der Waals surface area contributed by atoms with Gasteiger partial charge in [-0.2, -0.15) is 4.80 Å². The number of amidine groups is 1. The van der Waals surface area contributed by atoms with Crippen molar-refractivity contribution in [3.63, 3.8) is 0 Å². The van der Waals surface area contributed by atoms with E-state index < -0.39 is 0 Å². The van der Waals surface area contributed by atoms with Crippen LogP contribution in [-0.2, 0) is 13.6 Å². The molecular formula is C7H12N6S. The molecule has 1 aromatic rings. The predicted molar refractivity (Wildman–Crippen MR) is 55.0 cm³/mol. The molecule has 0 fully saturated rings. The first-order valence-corrected chi connectivity index (χ1v) is 5.30. The van der Waals surface area contributed by atoms with Gasteiger partial charge in [-0.15, -0.1) is 10.2 Å². The molecule has 76 valence electrons. The number of nitrogens with zero attached hydrogens (tertiary/aromatic N) is 5. The van der Waals surface area contributed by atoms with Gasteiger partial charge in [0.1, 0.15) is 0 Å². The average molecular weight is 212 g/mol. The van der Waals surface area contributed by atoms with Crippen molar-refractivity contribution in [2.24, 2.45) is 12.0 Å². The molecule has 14 heavy (non-hydrogen) atoms. The van der Waals surface area contributed by atoms with E-state index in [0.717, 1.165) is 11.7 Å². The molecule has 0 aromatic carbocycles. The molecule has 2 rings (SSSR count). The summed E-state index contributed by atoms with van der Waals surface area (Å²) in [5.74, 6) is 0.690. The van der Waals surface area contributed by atoms with Crippen LogP contribution in [0.1, 0.15) is 12.7 Å². The lowest BCUT2D eigenvalue weighted by molar-refractivity contribution is 0.626. The zero-order valence-corrected chi connectivity index (χ0v) is 8.95. The smallest absolute Gasteiger partial charge is 0.193 e. The lowest BCUT2D eigenvalue weighted by Gasteiger charge is -2.01. The van der Waals surface area contributed by atoms with Crippen LogP contribution in [0, 0.1) is 0 Å². The lowest BCUT2D eigenvalue weighted by Crippen LogP contribution is -2.19. The maximum Gasteiger partial charge on any atom is 0.193 e. The Morgan fingerprint density at radius 3 is 3.07 bits per heavy atom. The van der Waals surface area contributed by atoms with E-state index in [1.165, 1.54) is 4.80 Å². The maximum atomic E-state index is 4.32. The molecule has 1 unspecified atom stereocenters. The molecule has 0 saturated heterocycles. The topological polar surface area (TPSA) is 68.0 Å². The van der Waals surface area contributed by atoms with Gasteiger partial charge in [0.2, 0.25) is 0 Å². The van der Waals surface area contributed by atoms with Crippen molar-refractivity contribution in [2.45, 2.75) is 18.7 Å². The van der Waals surface area contributed by atoms with Crippen molar-refractivity contribution < 1.29 is 0 Å². The highest BCUT2D eigenvalue weighted by atomic mass is 32.2. The van der Waals surface area contributed by atoms with Gasteiger partial charge in [-0.1, -0.05) is 18.7 Å². The highest BCUT2D eigenvalue weighted by molar-refractivity contribution is 8.14. The quantitative estimate of drug-likeness (QED) is 0.734. The van der Waals surface area contributed by atoms with Crippen molar-refractivity contribution in [2.75, 3.05) is 6.54 Å². The van der Waals surface area contributed by atoms with Gasteiger partial charge in [-0.25, -0.2) is 0 Å². The monoisotopic (exact) mass is 212 g/mol. The number of rotatable bonds is 2. The third-order valence-electron chi connectivity index (χ3n) is 1.75. The van der Waals surface area contributed by atoms with Crippen LogP contribution in [0.4, 0.5) is 0 Å². The fourth-order valence-corrected chi connectivity index (χ4v) is 1.96. The Labute approximate surface area is 86.2 Å². The van der Waals surface area contributed by atoms with Crippen LogP contribution in [0.25, 0.3) is 0 Å². The lowest BCUT2D eigenvalue weighted by atomic mass is 10.5. The van der Waals surface area contributed by atoms with Gasteiger partial charge in [0.25, 0.3) is 0 Å². The normalized spacial score (nSPS) is 21.0. The van der Waals surface area contributed by atoms with Gasteiger partial charge in [0, 0.05) is 5.25 Å². The Hall–Kier alpha value is -1.11. The van der Waals surface area contributed by atoms with Crippen LogP contribution in [-0.4, -0.2) is 37.2 Å². The van der Waals surface area contributed by atoms with Gasteiger partial charge >= 0.3 is 0 Å². The van der Waals surface area contributed by atoms with Crippen LogP contribution in [0.2, 0.25) is 0 Å². The van der Waals surface area contributed by atoms with Gasteiger partial charge in [-0.3, -0.25) is 4.99 Å². The minimum absolute atomic E-state index is 0.576. The largest absolute Gasteiger partial charge is 0.357 e. The van der Waals surface area contributed by atoms with Gasteiger partial charge in [0.05, 0.1) is 20.1 Å². The minimum atomic E-state index is 0.576. The summed E-state index contributed by atoms with van der Waals surface area (Å²) >= 11 is 1.75. The molecule has 1 atom stereocenters. The molecule has 1 aliphatic heterocycles. The Bertz CT molecular complexity index is 346. The number of aliphatic imine (C=N–C) groups is 1. The summed E-state index contributed by atoms with van der Waals surface area (Å²) in [5, 5.41) is 16.4. The summed E-state index contributed by atoms with van der Waals surface area (Å²) in [4.78, 5) is 5.77. The number of tetrazole rings is 1. The van der Waals surface area contributed by atoms with Crippen LogP contribution in [0.15, 0.2) is 4.99 Å². The van der Waals surface area contributed by atoms with Crippen molar-refractivity contribution in [3.05, 3.63) is 5.82 Å². The van der Waals surface area contributed by atoms with E-state index in [1.807, 2.05) is 0 Å². The molecule has 0 radical (unpaired) electrons. The Kier molecular flexibility index (Phi) is 2.67. The zero-order valence-electron chi connectivity index (χ0n) is 8.14. The summed E-state index contributed by atoms with van der Waals surface area (Å²) in [6.07, 6.45) is 0. The summed E-state index contributed by atoms with van der Waals surface area (Å²) in [6, 6.07) is 0. The van der Waals surface area contributed by atoms with E-state index in [2.05, 4.69) is 32.6 Å². The number of thioether (sulfide) groups is 1. The second kappa shape index (κ2) is 3.95. The fraction of sp³-hybridized carbons (Fsp3) is 0.714. The second-order valence-electron chi connectivity index (χ2n) is 3.12. The van der Waals surface area contributed by atoms with Gasteiger partial charge in [-0.05, 0) is 5.21 Å². The molecule has 0 bridgehead atoms. The van der Waals surface area contributed by atoms with Crippen LogP contribution in [0.5, 0.6) is 0 Å². The number of nitrogens with one attached hydrogen (secondary N) is 1.